The van der Waals surface area contributed by atoms with Gasteiger partial charge in [-0.15, -0.1) is 10.2 Å². The predicted molar refractivity (Wildman–Crippen MR) is 73.4 cm³/mol. The number of hydrogen-bond acceptors (Lipinski definition) is 2. The third-order valence-electron chi connectivity index (χ3n) is 3.76. The van der Waals surface area contributed by atoms with Gasteiger partial charge in [-0.05, 0) is 19.8 Å². The van der Waals surface area contributed by atoms with Gasteiger partial charge >= 0.3 is 0 Å². The van der Waals surface area contributed by atoms with Crippen molar-refractivity contribution in [3.8, 4) is 0 Å². The van der Waals surface area contributed by atoms with Gasteiger partial charge in [0.2, 0.25) is 0 Å². The number of halogens is 1. The molecular formula is C13H22BrN3. The smallest absolute Gasteiger partial charge is 0.143 e. The lowest BCUT2D eigenvalue weighted by atomic mass is 9.90. The lowest BCUT2D eigenvalue weighted by molar-refractivity contribution is 0.430. The number of alkyl halides is 1. The van der Waals surface area contributed by atoms with Crippen LogP contribution in [-0.4, -0.2) is 14.8 Å². The summed E-state index contributed by atoms with van der Waals surface area (Å²) in [7, 11) is 0. The maximum Gasteiger partial charge on any atom is 0.143 e. The topological polar surface area (TPSA) is 30.7 Å². The van der Waals surface area contributed by atoms with Crippen molar-refractivity contribution >= 4 is 15.9 Å². The molecule has 0 saturated heterocycles. The maximum atomic E-state index is 4.44. The van der Waals surface area contributed by atoms with Crippen LogP contribution in [0.3, 0.4) is 0 Å². The van der Waals surface area contributed by atoms with Crippen molar-refractivity contribution in [1.82, 2.24) is 14.8 Å². The van der Waals surface area contributed by atoms with Gasteiger partial charge in [-0.1, -0.05) is 48.0 Å². The van der Waals surface area contributed by atoms with Crippen LogP contribution in [0.4, 0.5) is 0 Å². The fourth-order valence-electron chi connectivity index (χ4n) is 2.81. The zero-order chi connectivity index (χ0) is 12.1. The number of hydrogen-bond donors (Lipinski definition) is 0. The molecule has 17 heavy (non-hydrogen) atoms. The van der Waals surface area contributed by atoms with Crippen LogP contribution >= 0.6 is 15.9 Å². The third-order valence-corrected chi connectivity index (χ3v) is 4.26. The Balaban J connectivity index is 2.15. The molecule has 1 fully saturated rings. The first-order valence-corrected chi connectivity index (χ1v) is 7.97. The van der Waals surface area contributed by atoms with E-state index in [0.29, 0.717) is 5.92 Å². The molecule has 0 amide bonds. The third kappa shape index (κ3) is 3.09. The summed E-state index contributed by atoms with van der Waals surface area (Å²) in [5.74, 6) is 2.93. The maximum absolute atomic E-state index is 4.44. The molecule has 0 atom stereocenters. The van der Waals surface area contributed by atoms with E-state index in [2.05, 4.69) is 37.6 Å². The average molecular weight is 300 g/mol. The summed E-state index contributed by atoms with van der Waals surface area (Å²) >= 11 is 3.49. The summed E-state index contributed by atoms with van der Waals surface area (Å²) < 4.78 is 2.29. The zero-order valence-corrected chi connectivity index (χ0v) is 12.2. The summed E-state index contributed by atoms with van der Waals surface area (Å²) in [6.07, 6.45) is 9.49. The highest BCUT2D eigenvalue weighted by Crippen LogP contribution is 2.30. The van der Waals surface area contributed by atoms with Gasteiger partial charge in [-0.25, -0.2) is 0 Å². The average Bonchev–Trinajstić information content (AvgIpc) is 2.71. The first kappa shape index (κ1) is 13.1. The second-order valence-corrected chi connectivity index (χ2v) is 5.46. The zero-order valence-electron chi connectivity index (χ0n) is 10.7. The van der Waals surface area contributed by atoms with Gasteiger partial charge in [0.15, 0.2) is 0 Å². The Morgan fingerprint density at radius 3 is 2.35 bits per heavy atom. The Morgan fingerprint density at radius 1 is 1.12 bits per heavy atom. The van der Waals surface area contributed by atoms with Crippen molar-refractivity contribution in [1.29, 1.82) is 0 Å². The molecule has 0 spiro atoms. The van der Waals surface area contributed by atoms with E-state index in [1.54, 1.807) is 0 Å². The van der Waals surface area contributed by atoms with Crippen LogP contribution in [-0.2, 0) is 11.9 Å². The second-order valence-electron chi connectivity index (χ2n) is 4.89. The molecule has 1 heterocycles. The largest absolute Gasteiger partial charge is 0.314 e. The van der Waals surface area contributed by atoms with E-state index in [4.69, 9.17) is 0 Å². The van der Waals surface area contributed by atoms with Gasteiger partial charge in [0.1, 0.15) is 11.6 Å². The summed E-state index contributed by atoms with van der Waals surface area (Å²) in [5.41, 5.74) is 0. The normalized spacial score (nSPS) is 18.9. The Bertz CT molecular complexity index is 340. The van der Waals surface area contributed by atoms with Gasteiger partial charge in [-0.2, -0.15) is 0 Å². The fourth-order valence-corrected chi connectivity index (χ4v) is 3.22. The highest BCUT2D eigenvalue weighted by molar-refractivity contribution is 9.08. The van der Waals surface area contributed by atoms with E-state index in [-0.39, 0.29) is 0 Å². The monoisotopic (exact) mass is 299 g/mol. The molecule has 0 aliphatic heterocycles. The molecular weight excluding hydrogens is 278 g/mol. The standard InChI is InChI=1S/C13H22BrN3/c1-2-17-12(10-14)15-16-13(17)11-8-6-4-3-5-7-9-11/h11H,2-10H2,1H3. The van der Waals surface area contributed by atoms with Crippen LogP contribution in [0.5, 0.6) is 0 Å². The first-order chi connectivity index (χ1) is 8.36. The van der Waals surface area contributed by atoms with E-state index in [1.165, 1.54) is 50.8 Å². The first-order valence-electron chi connectivity index (χ1n) is 6.84. The van der Waals surface area contributed by atoms with Crippen molar-refractivity contribution < 1.29 is 0 Å². The molecule has 1 aliphatic rings. The fraction of sp³-hybridized carbons (Fsp3) is 0.846. The number of rotatable bonds is 3. The van der Waals surface area contributed by atoms with Crippen LogP contribution < -0.4 is 0 Å². The highest BCUT2D eigenvalue weighted by atomic mass is 79.9. The van der Waals surface area contributed by atoms with Crippen LogP contribution in [0, 0.1) is 0 Å². The van der Waals surface area contributed by atoms with E-state index in [0.717, 1.165) is 17.7 Å². The Kier molecular flexibility index (Phi) is 5.01. The summed E-state index contributed by atoms with van der Waals surface area (Å²) in [6.45, 7) is 3.17. The van der Waals surface area contributed by atoms with E-state index >= 15 is 0 Å². The second kappa shape index (κ2) is 6.53. The van der Waals surface area contributed by atoms with Crippen molar-refractivity contribution in [2.24, 2.45) is 0 Å². The molecule has 0 bridgehead atoms. The quantitative estimate of drug-likeness (QED) is 0.789. The van der Waals surface area contributed by atoms with Crippen LogP contribution in [0.1, 0.15) is 69.4 Å². The Morgan fingerprint density at radius 2 is 1.76 bits per heavy atom. The van der Waals surface area contributed by atoms with Crippen molar-refractivity contribution in [2.75, 3.05) is 0 Å². The van der Waals surface area contributed by atoms with Gasteiger partial charge in [0.25, 0.3) is 0 Å². The van der Waals surface area contributed by atoms with Crippen LogP contribution in [0.15, 0.2) is 0 Å². The Labute approximate surface area is 112 Å². The Hall–Kier alpha value is -0.380. The lowest BCUT2D eigenvalue weighted by Crippen LogP contribution is -2.11. The molecule has 1 aromatic rings. The summed E-state index contributed by atoms with van der Waals surface area (Å²) in [5, 5.41) is 9.54. The van der Waals surface area contributed by atoms with Crippen molar-refractivity contribution in [3.05, 3.63) is 11.6 Å². The molecule has 96 valence electrons. The minimum atomic E-state index is 0.635. The molecule has 2 rings (SSSR count). The van der Waals surface area contributed by atoms with E-state index in [9.17, 15) is 0 Å². The molecule has 4 heteroatoms. The number of nitrogens with zero attached hydrogens (tertiary/aromatic N) is 3. The van der Waals surface area contributed by atoms with E-state index in [1.807, 2.05) is 0 Å². The molecule has 0 N–H and O–H groups in total. The van der Waals surface area contributed by atoms with Gasteiger partial charge in [0.05, 0.1) is 5.33 Å². The molecule has 1 saturated carbocycles. The lowest BCUT2D eigenvalue weighted by Gasteiger charge is -2.19. The molecule has 1 aromatic heterocycles. The minimum absolute atomic E-state index is 0.635. The highest BCUT2D eigenvalue weighted by Gasteiger charge is 2.20. The molecule has 1 aliphatic carbocycles. The van der Waals surface area contributed by atoms with Gasteiger partial charge in [0, 0.05) is 12.5 Å². The summed E-state index contributed by atoms with van der Waals surface area (Å²) in [6, 6.07) is 0. The SMILES string of the molecule is CCn1c(CBr)nnc1C1CCCCCCC1. The van der Waals surface area contributed by atoms with Crippen molar-refractivity contribution in [3.63, 3.8) is 0 Å². The molecule has 0 radical (unpaired) electrons. The molecule has 3 nitrogen and oxygen atoms in total. The van der Waals surface area contributed by atoms with Crippen molar-refractivity contribution in [2.45, 2.75) is 69.7 Å². The summed E-state index contributed by atoms with van der Waals surface area (Å²) in [4.78, 5) is 0. The molecule has 0 unspecified atom stereocenters. The van der Waals surface area contributed by atoms with Crippen LogP contribution in [0.25, 0.3) is 0 Å². The van der Waals surface area contributed by atoms with Crippen LogP contribution in [0.2, 0.25) is 0 Å². The molecule has 0 aromatic carbocycles. The van der Waals surface area contributed by atoms with Gasteiger partial charge < -0.3 is 4.57 Å². The minimum Gasteiger partial charge on any atom is -0.314 e. The predicted octanol–water partition coefficient (Wildman–Crippen LogP) is 4.02. The van der Waals surface area contributed by atoms with Gasteiger partial charge in [-0.3, -0.25) is 0 Å². The van der Waals surface area contributed by atoms with E-state index < -0.39 is 0 Å². The number of aromatic nitrogens is 3.